The van der Waals surface area contributed by atoms with Crippen molar-refractivity contribution in [2.75, 3.05) is 25.1 Å². The molecule has 0 saturated carbocycles. The number of para-hydroxylation sites is 1. The summed E-state index contributed by atoms with van der Waals surface area (Å²) < 4.78 is 24.3. The Morgan fingerprint density at radius 2 is 1.75 bits per heavy atom. The number of benzene rings is 2. The second kappa shape index (κ2) is 7.38. The first-order chi connectivity index (χ1) is 9.79. The maximum atomic E-state index is 13.4. The summed E-state index contributed by atoms with van der Waals surface area (Å²) in [4.78, 5) is 0. The van der Waals surface area contributed by atoms with Gasteiger partial charge in [0.15, 0.2) is 0 Å². The summed E-state index contributed by atoms with van der Waals surface area (Å²) in [5.74, 6) is 1.27. The van der Waals surface area contributed by atoms with Crippen LogP contribution in [0.25, 0.3) is 0 Å². The van der Waals surface area contributed by atoms with Gasteiger partial charge in [0.05, 0.1) is 12.3 Å². The molecule has 2 aromatic rings. The first-order valence-electron chi connectivity index (χ1n) is 6.63. The fourth-order valence-electron chi connectivity index (χ4n) is 1.78. The van der Waals surface area contributed by atoms with Crippen molar-refractivity contribution in [3.8, 4) is 11.5 Å². The fraction of sp³-hybridized carbons (Fsp3) is 0.250. The minimum Gasteiger partial charge on any atom is -0.494 e. The number of anilines is 1. The topological polar surface area (TPSA) is 30.5 Å². The number of hydrogen-bond donors (Lipinski definition) is 1. The van der Waals surface area contributed by atoms with Crippen LogP contribution >= 0.6 is 0 Å². The number of hydrogen-bond acceptors (Lipinski definition) is 3. The molecule has 0 amide bonds. The van der Waals surface area contributed by atoms with E-state index in [1.165, 1.54) is 6.07 Å². The van der Waals surface area contributed by atoms with Gasteiger partial charge in [-0.25, -0.2) is 4.39 Å². The number of nitrogens with one attached hydrogen (secondary N) is 1. The molecule has 0 radical (unpaired) electrons. The van der Waals surface area contributed by atoms with Gasteiger partial charge in [0.1, 0.15) is 23.9 Å². The lowest BCUT2D eigenvalue weighted by Crippen LogP contribution is -2.12. The molecule has 106 valence electrons. The lowest BCUT2D eigenvalue weighted by atomic mass is 10.3. The van der Waals surface area contributed by atoms with Crippen molar-refractivity contribution in [1.29, 1.82) is 0 Å². The van der Waals surface area contributed by atoms with E-state index in [2.05, 4.69) is 5.32 Å². The lowest BCUT2D eigenvalue weighted by Gasteiger charge is -2.10. The zero-order chi connectivity index (χ0) is 14.2. The van der Waals surface area contributed by atoms with E-state index >= 15 is 0 Å². The van der Waals surface area contributed by atoms with Gasteiger partial charge in [-0.05, 0) is 31.2 Å². The Hall–Kier alpha value is -2.23. The molecule has 20 heavy (non-hydrogen) atoms. The largest absolute Gasteiger partial charge is 0.494 e. The Bertz CT molecular complexity index is 546. The van der Waals surface area contributed by atoms with E-state index < -0.39 is 0 Å². The average Bonchev–Trinajstić information content (AvgIpc) is 2.46. The Morgan fingerprint density at radius 1 is 1.00 bits per heavy atom. The third kappa shape index (κ3) is 4.16. The minimum absolute atomic E-state index is 0.258. The number of ether oxygens (including phenoxy) is 2. The third-order valence-electron chi connectivity index (χ3n) is 2.68. The van der Waals surface area contributed by atoms with Crippen LogP contribution in [0.1, 0.15) is 6.92 Å². The quantitative estimate of drug-likeness (QED) is 0.781. The van der Waals surface area contributed by atoms with Crippen LogP contribution < -0.4 is 14.8 Å². The van der Waals surface area contributed by atoms with Gasteiger partial charge in [0.2, 0.25) is 0 Å². The van der Waals surface area contributed by atoms with Crippen molar-refractivity contribution < 1.29 is 13.9 Å². The van der Waals surface area contributed by atoms with Crippen molar-refractivity contribution >= 4 is 5.69 Å². The minimum atomic E-state index is -0.258. The van der Waals surface area contributed by atoms with Crippen LogP contribution in [0.4, 0.5) is 10.1 Å². The standard InChI is InChI=1S/C16H18FNO2/c1-2-19-13-6-5-7-14(12-13)20-11-10-18-16-9-4-3-8-15(16)17/h3-9,12,18H,2,10-11H2,1H3. The highest BCUT2D eigenvalue weighted by molar-refractivity contribution is 5.44. The van der Waals surface area contributed by atoms with E-state index in [4.69, 9.17) is 9.47 Å². The van der Waals surface area contributed by atoms with Gasteiger partial charge in [-0.2, -0.15) is 0 Å². The summed E-state index contributed by atoms with van der Waals surface area (Å²) in [5.41, 5.74) is 0.485. The lowest BCUT2D eigenvalue weighted by molar-refractivity contribution is 0.319. The zero-order valence-corrected chi connectivity index (χ0v) is 11.4. The molecule has 4 heteroatoms. The van der Waals surface area contributed by atoms with Gasteiger partial charge in [-0.15, -0.1) is 0 Å². The Balaban J connectivity index is 1.78. The smallest absolute Gasteiger partial charge is 0.146 e. The van der Waals surface area contributed by atoms with Crippen molar-refractivity contribution in [2.45, 2.75) is 6.92 Å². The van der Waals surface area contributed by atoms with Crippen LogP contribution in [0, 0.1) is 5.82 Å². The van der Waals surface area contributed by atoms with Crippen LogP contribution in [-0.2, 0) is 0 Å². The molecule has 0 bridgehead atoms. The molecule has 0 atom stereocenters. The molecular weight excluding hydrogens is 257 g/mol. The summed E-state index contributed by atoms with van der Waals surface area (Å²) in [5, 5.41) is 2.99. The molecule has 0 unspecified atom stereocenters. The molecule has 3 nitrogen and oxygen atoms in total. The number of rotatable bonds is 7. The summed E-state index contributed by atoms with van der Waals surface area (Å²) in [6.07, 6.45) is 0. The van der Waals surface area contributed by atoms with Gasteiger partial charge < -0.3 is 14.8 Å². The van der Waals surface area contributed by atoms with Crippen LogP contribution in [0.2, 0.25) is 0 Å². The van der Waals surface area contributed by atoms with E-state index in [1.807, 2.05) is 31.2 Å². The highest BCUT2D eigenvalue weighted by Gasteiger charge is 2.00. The maximum absolute atomic E-state index is 13.4. The molecule has 1 N–H and O–H groups in total. The van der Waals surface area contributed by atoms with Crippen molar-refractivity contribution in [3.63, 3.8) is 0 Å². The van der Waals surface area contributed by atoms with E-state index in [0.29, 0.717) is 25.4 Å². The van der Waals surface area contributed by atoms with Crippen LogP contribution in [0.5, 0.6) is 11.5 Å². The molecule has 2 rings (SSSR count). The first kappa shape index (κ1) is 14.2. The highest BCUT2D eigenvalue weighted by atomic mass is 19.1. The molecule has 0 saturated heterocycles. The van der Waals surface area contributed by atoms with Crippen molar-refractivity contribution in [1.82, 2.24) is 0 Å². The molecule has 0 heterocycles. The molecule has 0 fully saturated rings. The molecule has 0 aliphatic rings. The van der Waals surface area contributed by atoms with Gasteiger partial charge in [-0.3, -0.25) is 0 Å². The van der Waals surface area contributed by atoms with Crippen LogP contribution in [0.15, 0.2) is 48.5 Å². The Morgan fingerprint density at radius 3 is 2.50 bits per heavy atom. The molecule has 0 aromatic heterocycles. The second-order valence-corrected chi connectivity index (χ2v) is 4.16. The summed E-state index contributed by atoms with van der Waals surface area (Å²) in [6, 6.07) is 14.0. The van der Waals surface area contributed by atoms with E-state index in [9.17, 15) is 4.39 Å². The summed E-state index contributed by atoms with van der Waals surface area (Å²) in [7, 11) is 0. The summed E-state index contributed by atoms with van der Waals surface area (Å²) >= 11 is 0. The first-order valence-corrected chi connectivity index (χ1v) is 6.63. The second-order valence-electron chi connectivity index (χ2n) is 4.16. The van der Waals surface area contributed by atoms with Gasteiger partial charge in [-0.1, -0.05) is 18.2 Å². The van der Waals surface area contributed by atoms with E-state index in [1.54, 1.807) is 18.2 Å². The zero-order valence-electron chi connectivity index (χ0n) is 11.4. The third-order valence-corrected chi connectivity index (χ3v) is 2.68. The van der Waals surface area contributed by atoms with E-state index in [-0.39, 0.29) is 5.82 Å². The summed E-state index contributed by atoms with van der Waals surface area (Å²) in [6.45, 7) is 3.54. The Kier molecular flexibility index (Phi) is 5.24. The van der Waals surface area contributed by atoms with Gasteiger partial charge >= 0.3 is 0 Å². The number of halogens is 1. The predicted molar refractivity (Wildman–Crippen MR) is 78.0 cm³/mol. The van der Waals surface area contributed by atoms with Crippen molar-refractivity contribution in [2.24, 2.45) is 0 Å². The maximum Gasteiger partial charge on any atom is 0.146 e. The van der Waals surface area contributed by atoms with Crippen LogP contribution in [0.3, 0.4) is 0 Å². The molecule has 2 aromatic carbocycles. The van der Waals surface area contributed by atoms with Crippen molar-refractivity contribution in [3.05, 3.63) is 54.3 Å². The molecule has 0 aliphatic heterocycles. The normalized spacial score (nSPS) is 10.1. The molecule has 0 aliphatic carbocycles. The van der Waals surface area contributed by atoms with Crippen LogP contribution in [-0.4, -0.2) is 19.8 Å². The SMILES string of the molecule is CCOc1cccc(OCCNc2ccccc2F)c1. The predicted octanol–water partition coefficient (Wildman–Crippen LogP) is 3.72. The van der Waals surface area contributed by atoms with Gasteiger partial charge in [0.25, 0.3) is 0 Å². The molecule has 0 spiro atoms. The van der Waals surface area contributed by atoms with E-state index in [0.717, 1.165) is 11.5 Å². The monoisotopic (exact) mass is 275 g/mol. The Labute approximate surface area is 118 Å². The highest BCUT2D eigenvalue weighted by Crippen LogP contribution is 2.19. The van der Waals surface area contributed by atoms with Gasteiger partial charge in [0, 0.05) is 12.6 Å². The fourth-order valence-corrected chi connectivity index (χ4v) is 1.78. The molecular formula is C16H18FNO2. The average molecular weight is 275 g/mol.